The highest BCUT2D eigenvalue weighted by atomic mass is 32.1. The van der Waals surface area contributed by atoms with Crippen molar-refractivity contribution in [2.45, 2.75) is 46.1 Å². The molecule has 0 fully saturated rings. The van der Waals surface area contributed by atoms with Gasteiger partial charge in [0, 0.05) is 10.4 Å². The number of thiophene rings is 1. The Hall–Kier alpha value is -3.26. The van der Waals surface area contributed by atoms with E-state index in [1.807, 2.05) is 36.4 Å². The first kappa shape index (κ1) is 20.6. The molecule has 1 aromatic carbocycles. The van der Waals surface area contributed by atoms with Crippen LogP contribution in [0.3, 0.4) is 0 Å². The number of aromatic nitrogens is 3. The van der Waals surface area contributed by atoms with Crippen molar-refractivity contribution in [3.8, 4) is 22.7 Å². The summed E-state index contributed by atoms with van der Waals surface area (Å²) in [6.07, 6.45) is 4.45. The molecule has 0 unspecified atom stereocenters. The van der Waals surface area contributed by atoms with Gasteiger partial charge in [-0.15, -0.1) is 21.5 Å². The average molecular weight is 450 g/mol. The van der Waals surface area contributed by atoms with Crippen molar-refractivity contribution >= 4 is 17.3 Å². The zero-order valence-electron chi connectivity index (χ0n) is 18.0. The van der Waals surface area contributed by atoms with Crippen LogP contribution in [0.25, 0.3) is 22.7 Å². The lowest BCUT2D eigenvalue weighted by atomic mass is 9.87. The molecule has 8 heteroatoms. The summed E-state index contributed by atoms with van der Waals surface area (Å²) in [6.45, 7) is 3.93. The number of carbonyl (C=O) groups is 1. The maximum Gasteiger partial charge on any atom is 0.348 e. The second-order valence-corrected chi connectivity index (χ2v) is 9.12. The van der Waals surface area contributed by atoms with Gasteiger partial charge in [-0.3, -0.25) is 0 Å². The van der Waals surface area contributed by atoms with Crippen LogP contribution in [0.15, 0.2) is 45.3 Å². The minimum absolute atomic E-state index is 0.0863. The monoisotopic (exact) mass is 449 g/mol. The van der Waals surface area contributed by atoms with Gasteiger partial charge in [-0.25, -0.2) is 4.79 Å². The minimum atomic E-state index is -0.358. The lowest BCUT2D eigenvalue weighted by Crippen LogP contribution is -2.10. The fourth-order valence-electron chi connectivity index (χ4n) is 4.08. The number of esters is 1. The van der Waals surface area contributed by atoms with E-state index >= 15 is 0 Å². The molecule has 1 aliphatic rings. The van der Waals surface area contributed by atoms with Crippen LogP contribution in [0.2, 0.25) is 0 Å². The zero-order chi connectivity index (χ0) is 22.1. The van der Waals surface area contributed by atoms with Gasteiger partial charge in [0.2, 0.25) is 0 Å². The number of fused-ring (bicyclic) bond motifs is 1. The smallest absolute Gasteiger partial charge is 0.348 e. The molecule has 164 valence electrons. The van der Waals surface area contributed by atoms with Crippen molar-refractivity contribution in [3.63, 3.8) is 0 Å². The van der Waals surface area contributed by atoms with Crippen LogP contribution in [-0.2, 0) is 24.2 Å². The summed E-state index contributed by atoms with van der Waals surface area (Å²) in [7, 11) is 0. The molecule has 4 aromatic rings. The Morgan fingerprint density at radius 3 is 2.91 bits per heavy atom. The summed E-state index contributed by atoms with van der Waals surface area (Å²) in [5.41, 5.74) is 3.44. The van der Waals surface area contributed by atoms with Gasteiger partial charge in [0.25, 0.3) is 11.8 Å². The molecule has 0 saturated carbocycles. The molecule has 5 rings (SSSR count). The van der Waals surface area contributed by atoms with Gasteiger partial charge in [-0.05, 0) is 43.7 Å². The fraction of sp³-hybridized carbons (Fsp3) is 0.333. The Labute approximate surface area is 189 Å². The third-order valence-corrected chi connectivity index (χ3v) is 7.10. The van der Waals surface area contributed by atoms with Crippen molar-refractivity contribution in [2.75, 3.05) is 0 Å². The van der Waals surface area contributed by atoms with Gasteiger partial charge < -0.3 is 13.7 Å². The molecule has 0 saturated heterocycles. The number of benzene rings is 1. The first-order chi connectivity index (χ1) is 15.6. The molecule has 0 bridgehead atoms. The van der Waals surface area contributed by atoms with Crippen molar-refractivity contribution in [1.82, 2.24) is 15.4 Å². The SMILES string of the molecule is CC[C@H]1CCc2sc(C(=O)OCc3nnc(-c4c(-c5ccccc5)noc4C)o3)cc2C1. The number of hydrogen-bond acceptors (Lipinski definition) is 8. The van der Waals surface area contributed by atoms with Gasteiger partial charge in [0.15, 0.2) is 6.61 Å². The van der Waals surface area contributed by atoms with Crippen LogP contribution >= 0.6 is 11.3 Å². The summed E-state index contributed by atoms with van der Waals surface area (Å²) in [5, 5.41) is 12.3. The van der Waals surface area contributed by atoms with Gasteiger partial charge >= 0.3 is 5.97 Å². The number of ether oxygens (including phenoxy) is 1. The summed E-state index contributed by atoms with van der Waals surface area (Å²) >= 11 is 1.53. The molecule has 1 aliphatic carbocycles. The normalized spacial score (nSPS) is 15.5. The number of hydrogen-bond donors (Lipinski definition) is 0. The quantitative estimate of drug-likeness (QED) is 0.352. The highest BCUT2D eigenvalue weighted by Crippen LogP contribution is 2.35. The number of nitrogens with zero attached hydrogens (tertiary/aromatic N) is 3. The van der Waals surface area contributed by atoms with Crippen molar-refractivity contribution in [1.29, 1.82) is 0 Å². The Morgan fingerprint density at radius 2 is 2.09 bits per heavy atom. The zero-order valence-corrected chi connectivity index (χ0v) is 18.8. The van der Waals surface area contributed by atoms with Crippen LogP contribution in [0.4, 0.5) is 0 Å². The van der Waals surface area contributed by atoms with Gasteiger partial charge in [-0.1, -0.05) is 48.8 Å². The lowest BCUT2D eigenvalue weighted by Gasteiger charge is -2.19. The van der Waals surface area contributed by atoms with Crippen LogP contribution in [-0.4, -0.2) is 21.3 Å². The van der Waals surface area contributed by atoms with E-state index in [0.29, 0.717) is 27.8 Å². The van der Waals surface area contributed by atoms with Crippen molar-refractivity contribution in [2.24, 2.45) is 5.92 Å². The van der Waals surface area contributed by atoms with E-state index in [9.17, 15) is 4.79 Å². The summed E-state index contributed by atoms with van der Waals surface area (Å²) < 4.78 is 16.6. The fourth-order valence-corrected chi connectivity index (χ4v) is 5.18. The molecule has 0 N–H and O–H groups in total. The van der Waals surface area contributed by atoms with E-state index in [1.165, 1.54) is 34.6 Å². The molecule has 32 heavy (non-hydrogen) atoms. The van der Waals surface area contributed by atoms with E-state index in [1.54, 1.807) is 6.92 Å². The second-order valence-electron chi connectivity index (χ2n) is 7.98. The average Bonchev–Trinajstić information content (AvgIpc) is 3.55. The van der Waals surface area contributed by atoms with Crippen LogP contribution in [0, 0.1) is 12.8 Å². The maximum absolute atomic E-state index is 12.6. The minimum Gasteiger partial charge on any atom is -0.451 e. The maximum atomic E-state index is 12.6. The number of carbonyl (C=O) groups excluding carboxylic acids is 1. The predicted molar refractivity (Wildman–Crippen MR) is 119 cm³/mol. The molecule has 0 amide bonds. The molecule has 7 nitrogen and oxygen atoms in total. The molecule has 0 spiro atoms. The Kier molecular flexibility index (Phi) is 5.61. The largest absolute Gasteiger partial charge is 0.451 e. The molecule has 3 heterocycles. The van der Waals surface area contributed by atoms with E-state index in [0.717, 1.165) is 18.4 Å². The Bertz CT molecular complexity index is 1240. The van der Waals surface area contributed by atoms with Crippen molar-refractivity contribution < 1.29 is 18.5 Å². The third-order valence-electron chi connectivity index (χ3n) is 5.88. The molecule has 3 aromatic heterocycles. The van der Waals surface area contributed by atoms with E-state index in [-0.39, 0.29) is 24.4 Å². The van der Waals surface area contributed by atoms with E-state index < -0.39 is 0 Å². The standard InChI is InChI=1S/C24H23N3O4S/c1-3-15-9-10-18-17(11-15)12-19(32-18)24(28)29-13-20-25-26-23(30-20)21-14(2)31-27-22(21)16-7-5-4-6-8-16/h4-8,12,15H,3,9-11,13H2,1-2H3/t15-/m0/s1. The molecule has 1 atom stereocenters. The lowest BCUT2D eigenvalue weighted by molar-refractivity contribution is 0.0444. The number of aryl methyl sites for hydroxylation is 2. The molecule has 0 aliphatic heterocycles. The number of rotatable bonds is 6. The summed E-state index contributed by atoms with van der Waals surface area (Å²) in [6, 6.07) is 11.6. The first-order valence-corrected chi connectivity index (χ1v) is 11.6. The van der Waals surface area contributed by atoms with Crippen molar-refractivity contribution in [3.05, 3.63) is 63.4 Å². The van der Waals surface area contributed by atoms with E-state index in [2.05, 4.69) is 22.3 Å². The highest BCUT2D eigenvalue weighted by molar-refractivity contribution is 7.14. The molecular formula is C24H23N3O4S. The van der Waals surface area contributed by atoms with Gasteiger partial charge in [-0.2, -0.15) is 0 Å². The Balaban J connectivity index is 1.29. The Morgan fingerprint density at radius 1 is 1.25 bits per heavy atom. The second kappa shape index (κ2) is 8.70. The van der Waals surface area contributed by atoms with Gasteiger partial charge in [0.05, 0.1) is 0 Å². The topological polar surface area (TPSA) is 91.2 Å². The van der Waals surface area contributed by atoms with Gasteiger partial charge in [0.1, 0.15) is 21.9 Å². The molecule has 0 radical (unpaired) electrons. The van der Waals surface area contributed by atoms with E-state index in [4.69, 9.17) is 13.7 Å². The summed E-state index contributed by atoms with van der Waals surface area (Å²) in [5.74, 6) is 1.43. The van der Waals surface area contributed by atoms with Crippen LogP contribution < -0.4 is 0 Å². The highest BCUT2D eigenvalue weighted by Gasteiger charge is 2.24. The van der Waals surface area contributed by atoms with Crippen LogP contribution in [0.1, 0.15) is 51.5 Å². The third kappa shape index (κ3) is 3.98. The van der Waals surface area contributed by atoms with Crippen LogP contribution in [0.5, 0.6) is 0 Å². The molecular weight excluding hydrogens is 426 g/mol. The first-order valence-electron chi connectivity index (χ1n) is 10.8. The summed E-state index contributed by atoms with van der Waals surface area (Å²) in [4.78, 5) is 14.5. The predicted octanol–water partition coefficient (Wildman–Crippen LogP) is 5.63.